The van der Waals surface area contributed by atoms with Crippen LogP contribution in [-0.4, -0.2) is 10.2 Å². The highest BCUT2D eigenvalue weighted by molar-refractivity contribution is 7.03. The van der Waals surface area contributed by atoms with Gasteiger partial charge in [-0.1, -0.05) is 13.8 Å². The van der Waals surface area contributed by atoms with Crippen LogP contribution in [0.4, 0.5) is 0 Å². The van der Waals surface area contributed by atoms with Gasteiger partial charge in [0.05, 0.1) is 5.69 Å². The van der Waals surface area contributed by atoms with Crippen molar-refractivity contribution >= 4 is 17.3 Å². The zero-order valence-electron chi connectivity index (χ0n) is 8.62. The molecule has 0 radical (unpaired) electrons. The molecule has 0 saturated heterocycles. The van der Waals surface area contributed by atoms with E-state index < -0.39 is 0 Å². The normalized spacial score (nSPS) is 26.4. The van der Waals surface area contributed by atoms with Crippen LogP contribution in [0.2, 0.25) is 0 Å². The first-order valence-electron chi connectivity index (χ1n) is 5.01. The summed E-state index contributed by atoms with van der Waals surface area (Å²) in [6, 6.07) is 2.05. The van der Waals surface area contributed by atoms with Crippen molar-refractivity contribution in [3.05, 3.63) is 17.1 Å². The molecule has 2 rings (SSSR count). The van der Waals surface area contributed by atoms with Crippen LogP contribution >= 0.6 is 11.5 Å². The van der Waals surface area contributed by atoms with Crippen LogP contribution in [-0.2, 0) is 4.79 Å². The third-order valence-electron chi connectivity index (χ3n) is 3.24. The molecule has 1 heterocycles. The smallest absolute Gasteiger partial charge is 0.133 e. The van der Waals surface area contributed by atoms with Crippen molar-refractivity contribution in [3.8, 4) is 0 Å². The maximum atomic E-state index is 11.4. The SMILES string of the molecule is CC1(C)CCC(=O)CC1c1ccsn1. The second kappa shape index (κ2) is 3.46. The van der Waals surface area contributed by atoms with Gasteiger partial charge in [0.2, 0.25) is 0 Å². The summed E-state index contributed by atoms with van der Waals surface area (Å²) in [5, 5.41) is 1.99. The Morgan fingerprint density at radius 3 is 3.00 bits per heavy atom. The standard InChI is InChI=1S/C11H15NOS/c1-11(2)5-3-8(13)7-9(11)10-4-6-14-12-10/h4,6,9H,3,5,7H2,1-2H3. The van der Waals surface area contributed by atoms with Gasteiger partial charge in [-0.2, -0.15) is 4.37 Å². The van der Waals surface area contributed by atoms with Gasteiger partial charge in [-0.3, -0.25) is 4.79 Å². The van der Waals surface area contributed by atoms with Crippen molar-refractivity contribution in [3.63, 3.8) is 0 Å². The molecule has 1 fully saturated rings. The molecule has 3 heteroatoms. The molecule has 0 aromatic carbocycles. The van der Waals surface area contributed by atoms with E-state index in [1.54, 1.807) is 0 Å². The maximum Gasteiger partial charge on any atom is 0.133 e. The summed E-state index contributed by atoms with van der Waals surface area (Å²) in [7, 11) is 0. The third kappa shape index (κ3) is 1.73. The van der Waals surface area contributed by atoms with Gasteiger partial charge in [-0.25, -0.2) is 0 Å². The summed E-state index contributed by atoms with van der Waals surface area (Å²) >= 11 is 1.47. The van der Waals surface area contributed by atoms with Gasteiger partial charge in [0.1, 0.15) is 5.78 Å². The first-order chi connectivity index (χ1) is 6.59. The van der Waals surface area contributed by atoms with Crippen molar-refractivity contribution in [1.82, 2.24) is 4.37 Å². The molecule has 0 aliphatic heterocycles. The summed E-state index contributed by atoms with van der Waals surface area (Å²) < 4.78 is 4.36. The fraction of sp³-hybridized carbons (Fsp3) is 0.636. The van der Waals surface area contributed by atoms with Crippen molar-refractivity contribution in [2.75, 3.05) is 0 Å². The molecule has 1 unspecified atom stereocenters. The predicted octanol–water partition coefficient (Wildman–Crippen LogP) is 3.01. The molecule has 1 aromatic rings. The monoisotopic (exact) mass is 209 g/mol. The van der Waals surface area contributed by atoms with E-state index in [1.807, 2.05) is 5.38 Å². The van der Waals surface area contributed by atoms with Crippen LogP contribution in [0.25, 0.3) is 0 Å². The topological polar surface area (TPSA) is 30.0 Å². The number of carbonyl (C=O) groups is 1. The van der Waals surface area contributed by atoms with Crippen molar-refractivity contribution in [2.45, 2.75) is 39.0 Å². The summed E-state index contributed by atoms with van der Waals surface area (Å²) in [4.78, 5) is 11.4. The summed E-state index contributed by atoms with van der Waals surface area (Å²) in [6.07, 6.45) is 2.42. The lowest BCUT2D eigenvalue weighted by molar-refractivity contribution is -0.122. The minimum absolute atomic E-state index is 0.224. The zero-order valence-corrected chi connectivity index (χ0v) is 9.43. The molecule has 1 aliphatic rings. The molecule has 0 spiro atoms. The fourth-order valence-corrected chi connectivity index (χ4v) is 2.72. The second-order valence-corrected chi connectivity index (χ2v) is 5.37. The molecule has 0 amide bonds. The number of Topliss-reactive ketones (excluding diaryl/α,β-unsaturated/α-hetero) is 1. The maximum absolute atomic E-state index is 11.4. The Labute approximate surface area is 88.5 Å². The van der Waals surface area contributed by atoms with Crippen LogP contribution in [0.5, 0.6) is 0 Å². The third-order valence-corrected chi connectivity index (χ3v) is 3.81. The van der Waals surface area contributed by atoms with Gasteiger partial charge < -0.3 is 0 Å². The lowest BCUT2D eigenvalue weighted by Gasteiger charge is -2.36. The molecule has 1 saturated carbocycles. The molecule has 1 aliphatic carbocycles. The van der Waals surface area contributed by atoms with Gasteiger partial charge in [-0.15, -0.1) is 0 Å². The summed E-state index contributed by atoms with van der Waals surface area (Å²) in [6.45, 7) is 4.48. The van der Waals surface area contributed by atoms with Gasteiger partial charge in [0.25, 0.3) is 0 Å². The van der Waals surface area contributed by atoms with E-state index in [4.69, 9.17) is 0 Å². The lowest BCUT2D eigenvalue weighted by atomic mass is 9.67. The van der Waals surface area contributed by atoms with Crippen molar-refractivity contribution < 1.29 is 4.79 Å². The average Bonchev–Trinajstić information content (AvgIpc) is 2.62. The second-order valence-electron chi connectivity index (χ2n) is 4.71. The van der Waals surface area contributed by atoms with Crippen LogP contribution < -0.4 is 0 Å². The van der Waals surface area contributed by atoms with Crippen LogP contribution in [0.15, 0.2) is 11.4 Å². The number of nitrogens with zero attached hydrogens (tertiary/aromatic N) is 1. The van der Waals surface area contributed by atoms with Crippen molar-refractivity contribution in [1.29, 1.82) is 0 Å². The molecule has 14 heavy (non-hydrogen) atoms. The highest BCUT2D eigenvalue weighted by Crippen LogP contribution is 2.45. The number of aromatic nitrogens is 1. The van der Waals surface area contributed by atoms with Gasteiger partial charge >= 0.3 is 0 Å². The Balaban J connectivity index is 2.27. The Hall–Kier alpha value is -0.700. The number of hydrogen-bond acceptors (Lipinski definition) is 3. The molecule has 76 valence electrons. The van der Waals surface area contributed by atoms with E-state index >= 15 is 0 Å². The van der Waals surface area contributed by atoms with Crippen molar-refractivity contribution in [2.24, 2.45) is 5.41 Å². The van der Waals surface area contributed by atoms with E-state index in [1.165, 1.54) is 11.5 Å². The quantitative estimate of drug-likeness (QED) is 0.711. The molecular weight excluding hydrogens is 194 g/mol. The minimum Gasteiger partial charge on any atom is -0.300 e. The van der Waals surface area contributed by atoms with E-state index in [-0.39, 0.29) is 5.41 Å². The van der Waals surface area contributed by atoms with Gasteiger partial charge in [-0.05, 0) is 29.4 Å². The number of hydrogen-bond donors (Lipinski definition) is 0. The molecule has 0 bridgehead atoms. The number of rotatable bonds is 1. The first kappa shape index (κ1) is 9.84. The highest BCUT2D eigenvalue weighted by Gasteiger charge is 2.37. The zero-order chi connectivity index (χ0) is 10.2. The molecule has 1 atom stereocenters. The average molecular weight is 209 g/mol. The fourth-order valence-electron chi connectivity index (χ4n) is 2.15. The highest BCUT2D eigenvalue weighted by atomic mass is 32.1. The van der Waals surface area contributed by atoms with Crippen LogP contribution in [0.1, 0.15) is 44.7 Å². The Kier molecular flexibility index (Phi) is 2.43. The van der Waals surface area contributed by atoms with Gasteiger partial charge in [0, 0.05) is 24.1 Å². The van der Waals surface area contributed by atoms with Crippen LogP contribution in [0.3, 0.4) is 0 Å². The largest absolute Gasteiger partial charge is 0.300 e. The minimum atomic E-state index is 0.224. The molecular formula is C11H15NOS. The van der Waals surface area contributed by atoms with E-state index in [2.05, 4.69) is 24.3 Å². The van der Waals surface area contributed by atoms with E-state index in [0.29, 0.717) is 18.1 Å². The first-order valence-corrected chi connectivity index (χ1v) is 5.85. The lowest BCUT2D eigenvalue weighted by Crippen LogP contribution is -2.30. The Morgan fingerprint density at radius 1 is 1.57 bits per heavy atom. The Bertz CT molecular complexity index is 329. The molecule has 0 N–H and O–H groups in total. The van der Waals surface area contributed by atoms with Gasteiger partial charge in [0.15, 0.2) is 0 Å². The number of ketones is 1. The summed E-state index contributed by atoms with van der Waals surface area (Å²) in [5.41, 5.74) is 1.33. The molecule has 1 aromatic heterocycles. The van der Waals surface area contributed by atoms with E-state index in [0.717, 1.165) is 18.5 Å². The predicted molar refractivity (Wildman–Crippen MR) is 57.5 cm³/mol. The summed E-state index contributed by atoms with van der Waals surface area (Å²) in [5.74, 6) is 0.720. The van der Waals surface area contributed by atoms with Crippen LogP contribution in [0, 0.1) is 5.41 Å². The number of carbonyl (C=O) groups excluding carboxylic acids is 1. The molecule has 2 nitrogen and oxygen atoms in total. The van der Waals surface area contributed by atoms with E-state index in [9.17, 15) is 4.79 Å². The Morgan fingerprint density at radius 2 is 2.36 bits per heavy atom.